The summed E-state index contributed by atoms with van der Waals surface area (Å²) in [6.07, 6.45) is 1.20. The second-order valence-electron chi connectivity index (χ2n) is 2.67. The fourth-order valence-electron chi connectivity index (χ4n) is 1.01. The zero-order valence-corrected chi connectivity index (χ0v) is 7.77. The van der Waals surface area contributed by atoms with Crippen LogP contribution in [0.4, 0.5) is 0 Å². The van der Waals surface area contributed by atoms with E-state index in [1.54, 1.807) is 6.92 Å². The Kier molecular flexibility index (Phi) is 2.81. The predicted octanol–water partition coefficient (Wildman–Crippen LogP) is 0.875. The van der Waals surface area contributed by atoms with E-state index in [4.69, 9.17) is 5.11 Å². The number of aromatic carboxylic acids is 1. The summed E-state index contributed by atoms with van der Waals surface area (Å²) < 4.78 is 4.42. The summed E-state index contributed by atoms with van der Waals surface area (Å²) in [4.78, 5) is 25.7. The van der Waals surface area contributed by atoms with E-state index in [1.807, 2.05) is 0 Å². The zero-order chi connectivity index (χ0) is 10.7. The van der Waals surface area contributed by atoms with Crippen LogP contribution in [0.25, 0.3) is 0 Å². The molecule has 0 amide bonds. The summed E-state index contributed by atoms with van der Waals surface area (Å²) in [5.41, 5.74) is 0.407. The summed E-state index contributed by atoms with van der Waals surface area (Å²) in [5.74, 6) is -1.87. The Morgan fingerprint density at radius 3 is 2.57 bits per heavy atom. The van der Waals surface area contributed by atoms with Crippen molar-refractivity contribution in [1.82, 2.24) is 4.98 Å². The maximum absolute atomic E-state index is 11.1. The number of methoxy groups -OCH3 is 1. The number of esters is 1. The molecular formula is C9H9NO4. The lowest BCUT2D eigenvalue weighted by atomic mass is 10.1. The fraction of sp³-hybridized carbons (Fsp3) is 0.222. The zero-order valence-electron chi connectivity index (χ0n) is 7.77. The molecule has 5 nitrogen and oxygen atoms in total. The number of ether oxygens (including phenoxy) is 1. The van der Waals surface area contributed by atoms with Gasteiger partial charge in [-0.1, -0.05) is 0 Å². The minimum absolute atomic E-state index is 0.0365. The SMILES string of the molecule is COC(=O)c1cnc(C)cc1C(=O)O. The summed E-state index contributed by atoms with van der Waals surface area (Å²) in [6, 6.07) is 1.33. The van der Waals surface area contributed by atoms with Crippen molar-refractivity contribution in [2.24, 2.45) is 0 Å². The van der Waals surface area contributed by atoms with E-state index in [1.165, 1.54) is 19.4 Å². The highest BCUT2D eigenvalue weighted by Gasteiger charge is 2.17. The standard InChI is InChI=1S/C9H9NO4/c1-5-3-6(8(11)12)7(4-10-5)9(13)14-2/h3-4H,1-2H3,(H,11,12). The monoisotopic (exact) mass is 195 g/mol. The molecule has 0 saturated heterocycles. The van der Waals surface area contributed by atoms with Gasteiger partial charge in [-0.05, 0) is 13.0 Å². The Hall–Kier alpha value is -1.91. The summed E-state index contributed by atoms with van der Waals surface area (Å²) in [6.45, 7) is 1.65. The molecule has 0 aliphatic heterocycles. The Morgan fingerprint density at radius 2 is 2.07 bits per heavy atom. The number of hydrogen-bond acceptors (Lipinski definition) is 4. The number of nitrogens with zero attached hydrogens (tertiary/aromatic N) is 1. The fourth-order valence-corrected chi connectivity index (χ4v) is 1.01. The first-order valence-electron chi connectivity index (χ1n) is 3.84. The van der Waals surface area contributed by atoms with Crippen molar-refractivity contribution in [2.45, 2.75) is 6.92 Å². The maximum Gasteiger partial charge on any atom is 0.340 e. The highest BCUT2D eigenvalue weighted by molar-refractivity contribution is 6.02. The summed E-state index contributed by atoms with van der Waals surface area (Å²) >= 11 is 0. The summed E-state index contributed by atoms with van der Waals surface area (Å²) in [7, 11) is 1.19. The van der Waals surface area contributed by atoms with Crippen LogP contribution in [0.15, 0.2) is 12.3 Å². The van der Waals surface area contributed by atoms with Crippen LogP contribution in [-0.2, 0) is 4.74 Å². The van der Waals surface area contributed by atoms with Crippen molar-refractivity contribution in [3.05, 3.63) is 29.1 Å². The number of aromatic nitrogens is 1. The summed E-state index contributed by atoms with van der Waals surface area (Å²) in [5, 5.41) is 8.80. The molecule has 0 atom stereocenters. The van der Waals surface area contributed by atoms with Crippen molar-refractivity contribution in [2.75, 3.05) is 7.11 Å². The third-order valence-corrected chi connectivity index (χ3v) is 1.68. The van der Waals surface area contributed by atoms with Gasteiger partial charge in [0.25, 0.3) is 0 Å². The molecule has 0 aromatic carbocycles. The van der Waals surface area contributed by atoms with Gasteiger partial charge in [-0.2, -0.15) is 0 Å². The largest absolute Gasteiger partial charge is 0.478 e. The molecule has 0 spiro atoms. The average Bonchev–Trinajstić information content (AvgIpc) is 2.16. The molecule has 1 N–H and O–H groups in total. The predicted molar refractivity (Wildman–Crippen MR) is 47.3 cm³/mol. The second kappa shape index (κ2) is 3.87. The number of rotatable bonds is 2. The van der Waals surface area contributed by atoms with Crippen LogP contribution in [0.1, 0.15) is 26.4 Å². The molecule has 0 radical (unpaired) electrons. The van der Waals surface area contributed by atoms with Crippen LogP contribution in [-0.4, -0.2) is 29.1 Å². The first-order chi connectivity index (χ1) is 6.56. The number of pyridine rings is 1. The van der Waals surface area contributed by atoms with E-state index in [0.717, 1.165) is 0 Å². The van der Waals surface area contributed by atoms with E-state index in [-0.39, 0.29) is 11.1 Å². The van der Waals surface area contributed by atoms with E-state index in [2.05, 4.69) is 9.72 Å². The van der Waals surface area contributed by atoms with Crippen molar-refractivity contribution in [3.8, 4) is 0 Å². The van der Waals surface area contributed by atoms with E-state index in [9.17, 15) is 9.59 Å². The highest BCUT2D eigenvalue weighted by Crippen LogP contribution is 2.10. The van der Waals surface area contributed by atoms with Gasteiger partial charge in [-0.25, -0.2) is 9.59 Å². The first-order valence-corrected chi connectivity index (χ1v) is 3.84. The number of aryl methyl sites for hydroxylation is 1. The van der Waals surface area contributed by atoms with Gasteiger partial charge in [0.1, 0.15) is 0 Å². The van der Waals surface area contributed by atoms with Gasteiger partial charge in [0.15, 0.2) is 0 Å². The topological polar surface area (TPSA) is 76.5 Å². The third-order valence-electron chi connectivity index (χ3n) is 1.68. The Balaban J connectivity index is 3.28. The number of hydrogen-bond donors (Lipinski definition) is 1. The van der Waals surface area contributed by atoms with Gasteiger partial charge in [0, 0.05) is 11.9 Å². The van der Waals surface area contributed by atoms with E-state index in [0.29, 0.717) is 5.69 Å². The minimum atomic E-state index is -1.17. The molecule has 14 heavy (non-hydrogen) atoms. The van der Waals surface area contributed by atoms with Crippen LogP contribution >= 0.6 is 0 Å². The molecule has 0 fully saturated rings. The lowest BCUT2D eigenvalue weighted by Crippen LogP contribution is -2.11. The van der Waals surface area contributed by atoms with Crippen LogP contribution < -0.4 is 0 Å². The van der Waals surface area contributed by atoms with Crippen molar-refractivity contribution < 1.29 is 19.4 Å². The molecule has 1 aromatic rings. The van der Waals surface area contributed by atoms with Crippen LogP contribution in [0, 0.1) is 6.92 Å². The Bertz CT molecular complexity index is 386. The lowest BCUT2D eigenvalue weighted by Gasteiger charge is -2.03. The van der Waals surface area contributed by atoms with Gasteiger partial charge in [-0.15, -0.1) is 0 Å². The molecule has 0 aliphatic rings. The lowest BCUT2D eigenvalue weighted by molar-refractivity contribution is 0.0582. The quantitative estimate of drug-likeness (QED) is 0.708. The molecule has 0 saturated carbocycles. The van der Waals surface area contributed by atoms with Crippen molar-refractivity contribution in [3.63, 3.8) is 0 Å². The maximum atomic E-state index is 11.1. The molecule has 0 bridgehead atoms. The van der Waals surface area contributed by atoms with Crippen molar-refractivity contribution >= 4 is 11.9 Å². The molecule has 1 heterocycles. The normalized spacial score (nSPS) is 9.57. The number of carboxylic acid groups (broad SMARTS) is 1. The van der Waals surface area contributed by atoms with Gasteiger partial charge in [0.05, 0.1) is 18.2 Å². The number of carbonyl (C=O) groups excluding carboxylic acids is 1. The average molecular weight is 195 g/mol. The number of carbonyl (C=O) groups is 2. The highest BCUT2D eigenvalue weighted by atomic mass is 16.5. The van der Waals surface area contributed by atoms with E-state index < -0.39 is 11.9 Å². The van der Waals surface area contributed by atoms with E-state index >= 15 is 0 Å². The Labute approximate surface area is 80.3 Å². The molecule has 0 aliphatic carbocycles. The second-order valence-corrected chi connectivity index (χ2v) is 2.67. The van der Waals surface area contributed by atoms with Gasteiger partial charge >= 0.3 is 11.9 Å². The molecule has 1 rings (SSSR count). The molecule has 0 unspecified atom stereocenters. The van der Waals surface area contributed by atoms with Crippen LogP contribution in [0.5, 0.6) is 0 Å². The Morgan fingerprint density at radius 1 is 1.43 bits per heavy atom. The van der Waals surface area contributed by atoms with Crippen molar-refractivity contribution in [1.29, 1.82) is 0 Å². The molecule has 74 valence electrons. The molecular weight excluding hydrogens is 186 g/mol. The minimum Gasteiger partial charge on any atom is -0.478 e. The van der Waals surface area contributed by atoms with Crippen LogP contribution in [0.2, 0.25) is 0 Å². The third kappa shape index (κ3) is 1.87. The van der Waals surface area contributed by atoms with Gasteiger partial charge in [0.2, 0.25) is 0 Å². The molecule has 5 heteroatoms. The van der Waals surface area contributed by atoms with Gasteiger partial charge in [-0.3, -0.25) is 4.98 Å². The van der Waals surface area contributed by atoms with Gasteiger partial charge < -0.3 is 9.84 Å². The van der Waals surface area contributed by atoms with Crippen LogP contribution in [0.3, 0.4) is 0 Å². The number of carboxylic acids is 1. The first kappa shape index (κ1) is 10.2. The molecule has 1 aromatic heterocycles. The smallest absolute Gasteiger partial charge is 0.340 e.